The van der Waals surface area contributed by atoms with Crippen LogP contribution in [-0.2, 0) is 4.79 Å². The van der Waals surface area contributed by atoms with Crippen LogP contribution in [0.1, 0.15) is 30.0 Å². The fourth-order valence-corrected chi connectivity index (χ4v) is 3.09. The van der Waals surface area contributed by atoms with Gasteiger partial charge < -0.3 is 10.5 Å². The van der Waals surface area contributed by atoms with Crippen molar-refractivity contribution in [2.24, 2.45) is 5.73 Å². The van der Waals surface area contributed by atoms with E-state index in [9.17, 15) is 4.79 Å². The zero-order valence-electron chi connectivity index (χ0n) is 13.3. The third-order valence-corrected chi connectivity index (χ3v) is 4.16. The first-order valence-corrected chi connectivity index (χ1v) is 7.54. The number of carbonyl (C=O) groups excluding carboxylic acids is 1. The molecule has 1 aliphatic carbocycles. The third-order valence-electron chi connectivity index (χ3n) is 4.16. The van der Waals surface area contributed by atoms with Crippen LogP contribution < -0.4 is 10.5 Å². The van der Waals surface area contributed by atoms with Crippen molar-refractivity contribution in [2.45, 2.75) is 13.3 Å². The molecule has 0 spiro atoms. The Hall–Kier alpha value is -2.81. The number of hydrogen-bond acceptors (Lipinski definition) is 2. The molecule has 2 aromatic carbocycles. The van der Waals surface area contributed by atoms with E-state index in [2.05, 4.69) is 24.3 Å². The number of allylic oxidation sites excluding steroid dienone is 2. The van der Waals surface area contributed by atoms with Crippen molar-refractivity contribution < 1.29 is 9.53 Å². The van der Waals surface area contributed by atoms with E-state index >= 15 is 0 Å². The highest BCUT2D eigenvalue weighted by Gasteiger charge is 2.27. The molecule has 23 heavy (non-hydrogen) atoms. The van der Waals surface area contributed by atoms with Crippen molar-refractivity contribution in [3.63, 3.8) is 0 Å². The molecule has 0 radical (unpaired) electrons. The zero-order valence-corrected chi connectivity index (χ0v) is 13.3. The van der Waals surface area contributed by atoms with E-state index in [0.29, 0.717) is 0 Å². The topological polar surface area (TPSA) is 52.3 Å². The molecule has 0 heterocycles. The van der Waals surface area contributed by atoms with Gasteiger partial charge >= 0.3 is 0 Å². The predicted octanol–water partition coefficient (Wildman–Crippen LogP) is 3.90. The van der Waals surface area contributed by atoms with Gasteiger partial charge in [-0.1, -0.05) is 42.5 Å². The van der Waals surface area contributed by atoms with Gasteiger partial charge in [-0.05, 0) is 46.9 Å². The Kier molecular flexibility index (Phi) is 4.02. The molecule has 3 rings (SSSR count). The molecule has 0 aliphatic heterocycles. The first-order chi connectivity index (χ1) is 11.1. The summed E-state index contributed by atoms with van der Waals surface area (Å²) in [6.07, 6.45) is 2.35. The summed E-state index contributed by atoms with van der Waals surface area (Å²) in [5, 5.41) is 0. The molecule has 0 unspecified atom stereocenters. The van der Waals surface area contributed by atoms with Crippen LogP contribution in [0.15, 0.2) is 54.1 Å². The number of primary amides is 1. The number of methoxy groups -OCH3 is 1. The van der Waals surface area contributed by atoms with Crippen molar-refractivity contribution in [3.8, 4) is 5.75 Å². The summed E-state index contributed by atoms with van der Waals surface area (Å²) in [6.45, 7) is 2.03. The second kappa shape index (κ2) is 6.13. The second-order valence-corrected chi connectivity index (χ2v) is 5.60. The summed E-state index contributed by atoms with van der Waals surface area (Å²) in [5.74, 6) is 0.437. The van der Waals surface area contributed by atoms with E-state index in [1.807, 2.05) is 37.3 Å². The monoisotopic (exact) mass is 305 g/mol. The number of amides is 1. The van der Waals surface area contributed by atoms with Crippen LogP contribution in [0.4, 0.5) is 0 Å². The van der Waals surface area contributed by atoms with Gasteiger partial charge in [-0.2, -0.15) is 0 Å². The van der Waals surface area contributed by atoms with E-state index in [0.717, 1.165) is 39.2 Å². The molecule has 116 valence electrons. The van der Waals surface area contributed by atoms with Gasteiger partial charge in [0.25, 0.3) is 0 Å². The van der Waals surface area contributed by atoms with Gasteiger partial charge in [-0.25, -0.2) is 0 Å². The smallest absolute Gasteiger partial charge is 0.221 e. The number of benzene rings is 2. The lowest BCUT2D eigenvalue weighted by Gasteiger charge is -2.10. The summed E-state index contributed by atoms with van der Waals surface area (Å²) in [5.41, 5.74) is 11.8. The van der Waals surface area contributed by atoms with Gasteiger partial charge in [-0.15, -0.1) is 0 Å². The highest BCUT2D eigenvalue weighted by atomic mass is 16.5. The van der Waals surface area contributed by atoms with E-state index < -0.39 is 0 Å². The minimum absolute atomic E-state index is 0.214. The molecule has 0 atom stereocenters. The lowest BCUT2D eigenvalue weighted by atomic mass is 10.00. The van der Waals surface area contributed by atoms with Gasteiger partial charge in [0.1, 0.15) is 5.75 Å². The Labute approximate surface area is 136 Å². The highest BCUT2D eigenvalue weighted by Crippen LogP contribution is 2.47. The largest absolute Gasteiger partial charge is 0.496 e. The van der Waals surface area contributed by atoms with E-state index in [-0.39, 0.29) is 12.3 Å². The van der Waals surface area contributed by atoms with Gasteiger partial charge in [0, 0.05) is 5.56 Å². The number of ether oxygens (including phenoxy) is 1. The molecule has 0 saturated carbocycles. The lowest BCUT2D eigenvalue weighted by molar-refractivity contribution is -0.117. The molecular weight excluding hydrogens is 286 g/mol. The fourth-order valence-electron chi connectivity index (χ4n) is 3.09. The summed E-state index contributed by atoms with van der Waals surface area (Å²) in [6, 6.07) is 16.1. The van der Waals surface area contributed by atoms with E-state index in [1.54, 1.807) is 7.11 Å². The average molecular weight is 305 g/mol. The molecule has 3 nitrogen and oxygen atoms in total. The van der Waals surface area contributed by atoms with Crippen molar-refractivity contribution in [1.29, 1.82) is 0 Å². The fraction of sp³-hybridized carbons (Fsp3) is 0.150. The SMILES string of the molecule is COc1cccc2c1C(CC(N)=O)=C(C)/C2=C/c1ccccc1. The normalized spacial score (nSPS) is 15.0. The van der Waals surface area contributed by atoms with Crippen molar-refractivity contribution >= 4 is 23.1 Å². The van der Waals surface area contributed by atoms with Gasteiger partial charge in [-0.3, -0.25) is 4.79 Å². The van der Waals surface area contributed by atoms with Gasteiger partial charge in [0.15, 0.2) is 0 Å². The Morgan fingerprint density at radius 1 is 1.13 bits per heavy atom. The third kappa shape index (κ3) is 2.78. The summed E-state index contributed by atoms with van der Waals surface area (Å²) >= 11 is 0. The zero-order chi connectivity index (χ0) is 16.4. The van der Waals surface area contributed by atoms with Crippen LogP contribution in [0.5, 0.6) is 5.75 Å². The Morgan fingerprint density at radius 3 is 2.52 bits per heavy atom. The van der Waals surface area contributed by atoms with Crippen molar-refractivity contribution in [2.75, 3.05) is 7.11 Å². The van der Waals surface area contributed by atoms with Crippen LogP contribution in [0.25, 0.3) is 17.2 Å². The molecule has 0 aromatic heterocycles. The molecule has 0 bridgehead atoms. The van der Waals surface area contributed by atoms with Crippen LogP contribution in [-0.4, -0.2) is 13.0 Å². The molecule has 2 N–H and O–H groups in total. The Bertz CT molecular complexity index is 817. The lowest BCUT2D eigenvalue weighted by Crippen LogP contribution is -2.11. The minimum Gasteiger partial charge on any atom is -0.496 e. The number of fused-ring (bicyclic) bond motifs is 1. The van der Waals surface area contributed by atoms with Gasteiger partial charge in [0.05, 0.1) is 13.5 Å². The average Bonchev–Trinajstić information content (AvgIpc) is 2.81. The number of carbonyl (C=O) groups is 1. The standard InChI is InChI=1S/C20H19NO2/c1-13-16(11-14-7-4-3-5-8-14)15-9-6-10-18(23-2)20(15)17(13)12-19(21)22/h3-11H,12H2,1-2H3,(H2,21,22)/b16-11-. The number of nitrogens with two attached hydrogens (primary N) is 1. The Morgan fingerprint density at radius 2 is 1.87 bits per heavy atom. The molecule has 2 aromatic rings. The maximum absolute atomic E-state index is 11.5. The molecule has 0 saturated heterocycles. The molecule has 1 amide bonds. The van der Waals surface area contributed by atoms with E-state index in [1.165, 1.54) is 0 Å². The van der Waals surface area contributed by atoms with Gasteiger partial charge in [0.2, 0.25) is 5.91 Å². The molecular formula is C20H19NO2. The summed E-state index contributed by atoms with van der Waals surface area (Å²) in [7, 11) is 1.64. The van der Waals surface area contributed by atoms with E-state index in [4.69, 9.17) is 10.5 Å². The molecule has 1 aliphatic rings. The number of hydrogen-bond donors (Lipinski definition) is 1. The van der Waals surface area contributed by atoms with Crippen LogP contribution >= 0.6 is 0 Å². The maximum Gasteiger partial charge on any atom is 0.221 e. The maximum atomic E-state index is 11.5. The molecule has 3 heteroatoms. The molecule has 0 fully saturated rings. The van der Waals surface area contributed by atoms with Crippen LogP contribution in [0.3, 0.4) is 0 Å². The highest BCUT2D eigenvalue weighted by molar-refractivity contribution is 6.09. The first-order valence-electron chi connectivity index (χ1n) is 7.54. The Balaban J connectivity index is 2.21. The van der Waals surface area contributed by atoms with Crippen molar-refractivity contribution in [3.05, 3.63) is 70.8 Å². The number of rotatable bonds is 4. The summed E-state index contributed by atoms with van der Waals surface area (Å²) < 4.78 is 5.50. The van der Waals surface area contributed by atoms with Crippen molar-refractivity contribution in [1.82, 2.24) is 0 Å². The quantitative estimate of drug-likeness (QED) is 0.931. The van der Waals surface area contributed by atoms with Crippen LogP contribution in [0, 0.1) is 0 Å². The minimum atomic E-state index is -0.336. The second-order valence-electron chi connectivity index (χ2n) is 5.60. The first kappa shape index (κ1) is 15.1. The summed E-state index contributed by atoms with van der Waals surface area (Å²) in [4.78, 5) is 11.5. The predicted molar refractivity (Wildman–Crippen MR) is 93.7 cm³/mol. The van der Waals surface area contributed by atoms with Crippen LogP contribution in [0.2, 0.25) is 0 Å².